The lowest BCUT2D eigenvalue weighted by Crippen LogP contribution is -2.49. The van der Waals surface area contributed by atoms with Gasteiger partial charge in [0.15, 0.2) is 0 Å². The monoisotopic (exact) mass is 396 g/mol. The minimum absolute atomic E-state index is 0. The molecule has 2 amide bonds. The summed E-state index contributed by atoms with van der Waals surface area (Å²) >= 11 is 1.54. The molecule has 0 aromatic heterocycles. The Balaban J connectivity index is 0.00000196. The van der Waals surface area contributed by atoms with Crippen molar-refractivity contribution in [3.8, 4) is 0 Å². The summed E-state index contributed by atoms with van der Waals surface area (Å²) < 4.78 is 0. The normalized spacial score (nSPS) is 26.0. The molecule has 2 unspecified atom stereocenters. The molecule has 0 spiro atoms. The number of rotatable bonds is 2. The predicted octanol–water partition coefficient (Wildman–Crippen LogP) is 1.66. The van der Waals surface area contributed by atoms with Crippen molar-refractivity contribution < 1.29 is 9.59 Å². The van der Waals surface area contributed by atoms with E-state index in [2.05, 4.69) is 15.5 Å². The highest BCUT2D eigenvalue weighted by molar-refractivity contribution is 8.00. The maximum Gasteiger partial charge on any atom is 0.253 e. The van der Waals surface area contributed by atoms with Crippen LogP contribution in [0.5, 0.6) is 0 Å². The molecule has 2 saturated heterocycles. The highest BCUT2D eigenvalue weighted by Gasteiger charge is 2.32. The van der Waals surface area contributed by atoms with Gasteiger partial charge in [-0.2, -0.15) is 0 Å². The summed E-state index contributed by atoms with van der Waals surface area (Å²) in [6.07, 6.45) is 1.04. The molecule has 2 atom stereocenters. The number of likely N-dealkylation sites (tertiary alicyclic amines) is 1. The van der Waals surface area contributed by atoms with Gasteiger partial charge in [-0.05, 0) is 31.5 Å². The van der Waals surface area contributed by atoms with E-state index in [1.807, 2.05) is 30.0 Å². The second-order valence-electron chi connectivity index (χ2n) is 6.94. The Kier molecular flexibility index (Phi) is 6.12. The van der Waals surface area contributed by atoms with Crippen LogP contribution in [-0.4, -0.2) is 72.2 Å². The van der Waals surface area contributed by atoms with E-state index in [0.29, 0.717) is 11.6 Å². The number of carbonyl (C=O) groups is 2. The first-order chi connectivity index (χ1) is 12.1. The summed E-state index contributed by atoms with van der Waals surface area (Å²) in [5.41, 5.74) is 1.42. The van der Waals surface area contributed by atoms with E-state index >= 15 is 0 Å². The first-order valence-electron chi connectivity index (χ1n) is 8.97. The third-order valence-electron chi connectivity index (χ3n) is 5.28. The molecular formula is C18H25ClN4O2S. The minimum atomic E-state index is -0.0903. The van der Waals surface area contributed by atoms with E-state index in [1.54, 1.807) is 11.8 Å². The maximum atomic E-state index is 12.9. The van der Waals surface area contributed by atoms with Crippen LogP contribution < -0.4 is 10.6 Å². The van der Waals surface area contributed by atoms with Crippen LogP contribution in [0.15, 0.2) is 23.1 Å². The van der Waals surface area contributed by atoms with Crippen molar-refractivity contribution in [2.24, 2.45) is 0 Å². The molecule has 26 heavy (non-hydrogen) atoms. The number of nitrogens with one attached hydrogen (secondary N) is 2. The van der Waals surface area contributed by atoms with Crippen LogP contribution in [-0.2, 0) is 4.79 Å². The van der Waals surface area contributed by atoms with Crippen molar-refractivity contribution in [2.45, 2.75) is 29.5 Å². The molecular weight excluding hydrogens is 372 g/mol. The Morgan fingerprint density at radius 1 is 1.23 bits per heavy atom. The van der Waals surface area contributed by atoms with Crippen LogP contribution >= 0.6 is 24.2 Å². The number of anilines is 1. The van der Waals surface area contributed by atoms with Crippen LogP contribution in [0.2, 0.25) is 0 Å². The summed E-state index contributed by atoms with van der Waals surface area (Å²) in [6, 6.07) is 6.13. The summed E-state index contributed by atoms with van der Waals surface area (Å²) in [5, 5.41) is 6.19. The van der Waals surface area contributed by atoms with Crippen molar-refractivity contribution in [2.75, 3.05) is 44.6 Å². The van der Waals surface area contributed by atoms with Crippen LogP contribution in [0.3, 0.4) is 0 Å². The average Bonchev–Trinajstić information content (AvgIpc) is 3.12. The fourth-order valence-electron chi connectivity index (χ4n) is 3.80. The Morgan fingerprint density at radius 2 is 2.00 bits per heavy atom. The zero-order chi connectivity index (χ0) is 17.4. The number of hydrogen-bond acceptors (Lipinski definition) is 5. The highest BCUT2D eigenvalue weighted by Crippen LogP contribution is 2.36. The van der Waals surface area contributed by atoms with Crippen LogP contribution in [0.1, 0.15) is 23.7 Å². The molecule has 2 N–H and O–H groups in total. The molecule has 6 nitrogen and oxygen atoms in total. The number of fused-ring (bicyclic) bond motifs is 1. The van der Waals surface area contributed by atoms with Gasteiger partial charge < -0.3 is 15.5 Å². The van der Waals surface area contributed by atoms with E-state index in [0.717, 1.165) is 56.3 Å². The van der Waals surface area contributed by atoms with Gasteiger partial charge in [0, 0.05) is 55.8 Å². The number of piperazine rings is 1. The van der Waals surface area contributed by atoms with E-state index in [-0.39, 0.29) is 29.5 Å². The second kappa shape index (κ2) is 8.17. The molecule has 3 aliphatic rings. The lowest BCUT2D eigenvalue weighted by atomic mass is 10.1. The Bertz CT molecular complexity index is 696. The summed E-state index contributed by atoms with van der Waals surface area (Å²) in [4.78, 5) is 30.2. The first kappa shape index (κ1) is 19.5. The zero-order valence-corrected chi connectivity index (χ0v) is 16.5. The maximum absolute atomic E-state index is 12.9. The Morgan fingerprint density at radius 3 is 2.77 bits per heavy atom. The lowest BCUT2D eigenvalue weighted by molar-refractivity contribution is -0.115. The SMILES string of the molecule is CC1Sc2ccc(C(=O)N3CCC(N4CCNCC4)C3)cc2NC1=O.Cl. The topological polar surface area (TPSA) is 64.7 Å². The van der Waals surface area contributed by atoms with Crippen molar-refractivity contribution in [3.05, 3.63) is 23.8 Å². The number of halogens is 1. The molecule has 0 saturated carbocycles. The minimum Gasteiger partial charge on any atom is -0.337 e. The van der Waals surface area contributed by atoms with Gasteiger partial charge in [0.25, 0.3) is 5.91 Å². The van der Waals surface area contributed by atoms with Crippen LogP contribution in [0, 0.1) is 0 Å². The van der Waals surface area contributed by atoms with Gasteiger partial charge in [-0.15, -0.1) is 24.2 Å². The number of nitrogens with zero attached hydrogens (tertiary/aromatic N) is 2. The summed E-state index contributed by atoms with van der Waals surface area (Å²) in [5.74, 6) is 0.0698. The second-order valence-corrected chi connectivity index (χ2v) is 8.32. The molecule has 4 rings (SSSR count). The Labute approximate surface area is 164 Å². The average molecular weight is 397 g/mol. The smallest absolute Gasteiger partial charge is 0.253 e. The molecule has 3 heterocycles. The first-order valence-corrected chi connectivity index (χ1v) is 9.85. The van der Waals surface area contributed by atoms with Gasteiger partial charge in [-0.25, -0.2) is 0 Å². The standard InChI is InChI=1S/C18H24N4O2S.ClH/c1-12-17(23)20-15-10-13(2-3-16(15)25-12)18(24)22-7-4-14(11-22)21-8-5-19-6-9-21;/h2-3,10,12,14,19H,4-9,11H2,1H3,(H,20,23);1H. The quantitative estimate of drug-likeness (QED) is 0.796. The van der Waals surface area contributed by atoms with E-state index < -0.39 is 0 Å². The number of amides is 2. The molecule has 2 fully saturated rings. The van der Waals surface area contributed by atoms with E-state index in [9.17, 15) is 9.59 Å². The molecule has 1 aromatic carbocycles. The number of benzene rings is 1. The van der Waals surface area contributed by atoms with E-state index in [1.165, 1.54) is 0 Å². The number of carbonyl (C=O) groups excluding carboxylic acids is 2. The highest BCUT2D eigenvalue weighted by atomic mass is 35.5. The van der Waals surface area contributed by atoms with Gasteiger partial charge >= 0.3 is 0 Å². The molecule has 3 aliphatic heterocycles. The van der Waals surface area contributed by atoms with Crippen LogP contribution in [0.25, 0.3) is 0 Å². The molecule has 0 radical (unpaired) electrons. The third-order valence-corrected chi connectivity index (χ3v) is 6.45. The molecule has 1 aromatic rings. The van der Waals surface area contributed by atoms with Crippen molar-refractivity contribution in [1.82, 2.24) is 15.1 Å². The predicted molar refractivity (Wildman–Crippen MR) is 106 cm³/mol. The fourth-order valence-corrected chi connectivity index (χ4v) is 4.73. The Hall–Kier alpha value is -1.28. The van der Waals surface area contributed by atoms with Gasteiger partial charge in [0.05, 0.1) is 10.9 Å². The van der Waals surface area contributed by atoms with Gasteiger partial charge in [0.1, 0.15) is 0 Å². The molecule has 0 aliphatic carbocycles. The van der Waals surface area contributed by atoms with Crippen molar-refractivity contribution in [3.63, 3.8) is 0 Å². The molecule has 0 bridgehead atoms. The third kappa shape index (κ3) is 3.86. The van der Waals surface area contributed by atoms with Gasteiger partial charge in [-0.3, -0.25) is 14.5 Å². The van der Waals surface area contributed by atoms with Crippen molar-refractivity contribution >= 4 is 41.7 Å². The number of thioether (sulfide) groups is 1. The van der Waals surface area contributed by atoms with Crippen LogP contribution in [0.4, 0.5) is 5.69 Å². The molecule has 8 heteroatoms. The molecule has 142 valence electrons. The van der Waals surface area contributed by atoms with Crippen molar-refractivity contribution in [1.29, 1.82) is 0 Å². The number of hydrogen-bond donors (Lipinski definition) is 2. The van der Waals surface area contributed by atoms with Gasteiger partial charge in [-0.1, -0.05) is 0 Å². The lowest BCUT2D eigenvalue weighted by Gasteiger charge is -2.32. The summed E-state index contributed by atoms with van der Waals surface area (Å²) in [7, 11) is 0. The zero-order valence-electron chi connectivity index (χ0n) is 14.9. The van der Waals surface area contributed by atoms with Gasteiger partial charge in [0.2, 0.25) is 5.91 Å². The summed E-state index contributed by atoms with van der Waals surface area (Å²) in [6.45, 7) is 7.69. The van der Waals surface area contributed by atoms with E-state index in [4.69, 9.17) is 0 Å². The largest absolute Gasteiger partial charge is 0.337 e. The fraction of sp³-hybridized carbons (Fsp3) is 0.556.